The number of nitrogens with zero attached hydrogens (tertiary/aromatic N) is 4. The Morgan fingerprint density at radius 1 is 1.16 bits per heavy atom. The highest BCUT2D eigenvalue weighted by molar-refractivity contribution is 5.88. The first-order valence-corrected chi connectivity index (χ1v) is 6.41. The summed E-state index contributed by atoms with van der Waals surface area (Å²) in [6, 6.07) is 1.80. The number of rotatable bonds is 3. The summed E-state index contributed by atoms with van der Waals surface area (Å²) in [6.45, 7) is 4.88. The lowest BCUT2D eigenvalue weighted by atomic mass is 10.3. The topological polar surface area (TPSA) is 49.3 Å². The normalized spacial score (nSPS) is 16.5. The number of carbonyl (C=O) groups excluding carboxylic acids is 1. The highest BCUT2D eigenvalue weighted by Gasteiger charge is 2.20. The Morgan fingerprint density at radius 2 is 1.84 bits per heavy atom. The van der Waals surface area contributed by atoms with E-state index in [1.807, 2.05) is 24.0 Å². The van der Waals surface area contributed by atoms with Crippen molar-refractivity contribution in [1.29, 1.82) is 0 Å². The van der Waals surface area contributed by atoms with Gasteiger partial charge in [-0.05, 0) is 13.0 Å². The number of aromatic nitrogens is 2. The molecule has 2 heterocycles. The quantitative estimate of drug-likeness (QED) is 0.605. The van der Waals surface area contributed by atoms with Crippen molar-refractivity contribution in [3.63, 3.8) is 0 Å². The molecule has 1 amide bonds. The molecule has 0 atom stereocenters. The molecule has 0 spiro atoms. The van der Waals surface area contributed by atoms with Gasteiger partial charge in [0.1, 0.15) is 0 Å². The number of hydrogen-bond donors (Lipinski definition) is 0. The second kappa shape index (κ2) is 6.68. The van der Waals surface area contributed by atoms with E-state index in [9.17, 15) is 4.79 Å². The first kappa shape index (κ1) is 13.3. The molecular formula is C14H18N4O. The van der Waals surface area contributed by atoms with E-state index >= 15 is 0 Å². The molecule has 19 heavy (non-hydrogen) atoms. The van der Waals surface area contributed by atoms with Gasteiger partial charge in [-0.25, -0.2) is 9.97 Å². The Morgan fingerprint density at radius 3 is 2.47 bits per heavy atom. The minimum absolute atomic E-state index is 0.0618. The largest absolute Gasteiger partial charge is 0.337 e. The fourth-order valence-corrected chi connectivity index (χ4v) is 1.94. The molecule has 100 valence electrons. The molecule has 1 fully saturated rings. The van der Waals surface area contributed by atoms with Crippen molar-refractivity contribution in [1.82, 2.24) is 14.9 Å². The molecule has 0 N–H and O–H groups in total. The van der Waals surface area contributed by atoms with E-state index in [1.54, 1.807) is 30.6 Å². The molecule has 0 bridgehead atoms. The van der Waals surface area contributed by atoms with Crippen LogP contribution in [-0.4, -0.2) is 47.0 Å². The third-order valence-corrected chi connectivity index (χ3v) is 2.97. The van der Waals surface area contributed by atoms with Crippen molar-refractivity contribution in [2.24, 2.45) is 0 Å². The van der Waals surface area contributed by atoms with Crippen LogP contribution >= 0.6 is 0 Å². The Kier molecular flexibility index (Phi) is 4.66. The maximum atomic E-state index is 11.9. The summed E-state index contributed by atoms with van der Waals surface area (Å²) >= 11 is 0. The Bertz CT molecular complexity index is 462. The molecule has 5 nitrogen and oxygen atoms in total. The summed E-state index contributed by atoms with van der Waals surface area (Å²) in [5, 5.41) is 0. The number of allylic oxidation sites excluding steroid dienone is 3. The van der Waals surface area contributed by atoms with E-state index in [4.69, 9.17) is 0 Å². The molecule has 2 rings (SSSR count). The standard InChI is InChI=1S/C14H18N4O/c1-2-3-4-6-13(19)17-9-11-18(12-10-17)14-15-7-5-8-16-14/h2-8H,9-12H2,1H3/b3-2+,6-4+. The second-order valence-corrected chi connectivity index (χ2v) is 4.25. The van der Waals surface area contributed by atoms with Crippen molar-refractivity contribution >= 4 is 11.9 Å². The highest BCUT2D eigenvalue weighted by Crippen LogP contribution is 2.09. The predicted molar refractivity (Wildman–Crippen MR) is 74.8 cm³/mol. The Balaban J connectivity index is 1.87. The lowest BCUT2D eigenvalue weighted by molar-refractivity contribution is -0.126. The number of amides is 1. The van der Waals surface area contributed by atoms with E-state index in [1.165, 1.54) is 0 Å². The first-order valence-electron chi connectivity index (χ1n) is 6.41. The zero-order valence-corrected chi connectivity index (χ0v) is 11.1. The van der Waals surface area contributed by atoms with Crippen molar-refractivity contribution < 1.29 is 4.79 Å². The smallest absolute Gasteiger partial charge is 0.246 e. The van der Waals surface area contributed by atoms with E-state index in [2.05, 4.69) is 14.9 Å². The SMILES string of the molecule is C/C=C/C=C/C(=O)N1CCN(c2ncccn2)CC1. The molecular weight excluding hydrogens is 240 g/mol. The van der Waals surface area contributed by atoms with Crippen LogP contribution in [0.15, 0.2) is 42.8 Å². The summed E-state index contributed by atoms with van der Waals surface area (Å²) in [4.78, 5) is 24.3. The van der Waals surface area contributed by atoms with Crippen LogP contribution in [0.3, 0.4) is 0 Å². The molecule has 5 heteroatoms. The van der Waals surface area contributed by atoms with Crippen LogP contribution in [0.25, 0.3) is 0 Å². The van der Waals surface area contributed by atoms with Gasteiger partial charge >= 0.3 is 0 Å². The minimum atomic E-state index is 0.0618. The highest BCUT2D eigenvalue weighted by atomic mass is 16.2. The molecule has 1 aliphatic heterocycles. The van der Waals surface area contributed by atoms with Gasteiger partial charge in [0.2, 0.25) is 11.9 Å². The van der Waals surface area contributed by atoms with Crippen molar-refractivity contribution in [2.75, 3.05) is 31.1 Å². The van der Waals surface area contributed by atoms with Gasteiger partial charge in [0.05, 0.1) is 0 Å². The molecule has 0 unspecified atom stereocenters. The van der Waals surface area contributed by atoms with Gasteiger partial charge in [-0.1, -0.05) is 18.2 Å². The van der Waals surface area contributed by atoms with Crippen LogP contribution in [0.1, 0.15) is 6.92 Å². The van der Waals surface area contributed by atoms with E-state index in [0.717, 1.165) is 19.0 Å². The van der Waals surface area contributed by atoms with Crippen LogP contribution < -0.4 is 4.90 Å². The lowest BCUT2D eigenvalue weighted by Gasteiger charge is -2.34. The average Bonchev–Trinajstić information content (AvgIpc) is 2.48. The van der Waals surface area contributed by atoms with E-state index in [-0.39, 0.29) is 5.91 Å². The molecule has 1 saturated heterocycles. The van der Waals surface area contributed by atoms with Gasteiger partial charge in [0.15, 0.2) is 0 Å². The number of hydrogen-bond acceptors (Lipinski definition) is 4. The molecule has 1 aliphatic rings. The fourth-order valence-electron chi connectivity index (χ4n) is 1.94. The maximum absolute atomic E-state index is 11.9. The van der Waals surface area contributed by atoms with Gasteiger partial charge in [0.25, 0.3) is 0 Å². The van der Waals surface area contributed by atoms with Crippen LogP contribution in [0, 0.1) is 0 Å². The first-order chi connectivity index (χ1) is 9.31. The van der Waals surface area contributed by atoms with Gasteiger partial charge in [-0.15, -0.1) is 0 Å². The summed E-state index contributed by atoms with van der Waals surface area (Å²) in [5.74, 6) is 0.797. The third-order valence-electron chi connectivity index (χ3n) is 2.97. The van der Waals surface area contributed by atoms with Crippen molar-refractivity contribution in [2.45, 2.75) is 6.92 Å². The molecule has 0 saturated carbocycles. The molecule has 1 aromatic heterocycles. The summed E-state index contributed by atoms with van der Waals surface area (Å²) in [6.07, 6.45) is 10.6. The third kappa shape index (κ3) is 3.64. The fraction of sp³-hybridized carbons (Fsp3) is 0.357. The average molecular weight is 258 g/mol. The summed E-state index contributed by atoms with van der Waals surface area (Å²) in [5.41, 5.74) is 0. The van der Waals surface area contributed by atoms with Crippen LogP contribution in [0.4, 0.5) is 5.95 Å². The molecule has 0 radical (unpaired) electrons. The Hall–Kier alpha value is -2.17. The summed E-state index contributed by atoms with van der Waals surface area (Å²) < 4.78 is 0. The van der Waals surface area contributed by atoms with E-state index in [0.29, 0.717) is 13.1 Å². The van der Waals surface area contributed by atoms with Crippen molar-refractivity contribution in [3.8, 4) is 0 Å². The zero-order chi connectivity index (χ0) is 13.5. The van der Waals surface area contributed by atoms with Gasteiger partial charge < -0.3 is 9.80 Å². The predicted octanol–water partition coefficient (Wildman–Crippen LogP) is 1.26. The molecule has 1 aromatic rings. The van der Waals surface area contributed by atoms with Crippen LogP contribution in [0.5, 0.6) is 0 Å². The van der Waals surface area contributed by atoms with Gasteiger partial charge in [0, 0.05) is 44.6 Å². The monoisotopic (exact) mass is 258 g/mol. The summed E-state index contributed by atoms with van der Waals surface area (Å²) in [7, 11) is 0. The molecule has 0 aliphatic carbocycles. The maximum Gasteiger partial charge on any atom is 0.246 e. The van der Waals surface area contributed by atoms with Crippen molar-refractivity contribution in [3.05, 3.63) is 42.8 Å². The van der Waals surface area contributed by atoms with Crippen LogP contribution in [-0.2, 0) is 4.79 Å². The number of piperazine rings is 1. The number of anilines is 1. The Labute approximate surface area is 113 Å². The second-order valence-electron chi connectivity index (χ2n) is 4.25. The minimum Gasteiger partial charge on any atom is -0.337 e. The van der Waals surface area contributed by atoms with Gasteiger partial charge in [-0.3, -0.25) is 4.79 Å². The number of carbonyl (C=O) groups is 1. The van der Waals surface area contributed by atoms with Crippen LogP contribution in [0.2, 0.25) is 0 Å². The van der Waals surface area contributed by atoms with E-state index < -0.39 is 0 Å². The zero-order valence-electron chi connectivity index (χ0n) is 11.1. The van der Waals surface area contributed by atoms with Gasteiger partial charge in [-0.2, -0.15) is 0 Å². The molecule has 0 aromatic carbocycles. The lowest BCUT2D eigenvalue weighted by Crippen LogP contribution is -2.48.